The van der Waals surface area contributed by atoms with Gasteiger partial charge in [0, 0.05) is 10.9 Å². The van der Waals surface area contributed by atoms with E-state index in [4.69, 9.17) is 9.72 Å². The molecule has 0 spiro atoms. The molecule has 0 amide bonds. The average molecular weight is 444 g/mol. The van der Waals surface area contributed by atoms with Crippen LogP contribution >= 0.6 is 11.3 Å². The summed E-state index contributed by atoms with van der Waals surface area (Å²) in [6.45, 7) is 2.42. The van der Waals surface area contributed by atoms with Crippen molar-refractivity contribution < 1.29 is 9.53 Å². The van der Waals surface area contributed by atoms with Crippen LogP contribution in [0.3, 0.4) is 0 Å². The summed E-state index contributed by atoms with van der Waals surface area (Å²) in [6.07, 6.45) is 6.70. The van der Waals surface area contributed by atoms with Crippen molar-refractivity contribution in [2.75, 3.05) is 0 Å². The summed E-state index contributed by atoms with van der Waals surface area (Å²) in [5.41, 5.74) is 4.52. The molecular weight excluding hydrogens is 414 g/mol. The summed E-state index contributed by atoms with van der Waals surface area (Å²) in [5, 5.41) is 2.99. The zero-order valence-electron chi connectivity index (χ0n) is 18.5. The third-order valence-electron chi connectivity index (χ3n) is 8.08. The lowest BCUT2D eigenvalue weighted by atomic mass is 9.43. The van der Waals surface area contributed by atoms with E-state index in [1.54, 1.807) is 11.3 Å². The predicted octanol–water partition coefficient (Wildman–Crippen LogP) is 6.70. The van der Waals surface area contributed by atoms with Gasteiger partial charge in [-0.05, 0) is 68.3 Å². The van der Waals surface area contributed by atoms with Crippen LogP contribution in [-0.2, 0) is 21.6 Å². The van der Waals surface area contributed by atoms with Gasteiger partial charge in [0.2, 0.25) is 0 Å². The van der Waals surface area contributed by atoms with Gasteiger partial charge >= 0.3 is 5.97 Å². The number of hydrogen-bond acceptors (Lipinski definition) is 4. The summed E-state index contributed by atoms with van der Waals surface area (Å²) in [5.74, 6) is 1.31. The highest BCUT2D eigenvalue weighted by Crippen LogP contribution is 2.66. The molecule has 4 aliphatic carbocycles. The van der Waals surface area contributed by atoms with Crippen LogP contribution in [0, 0.1) is 24.2 Å². The van der Waals surface area contributed by atoms with Gasteiger partial charge in [0.15, 0.2) is 0 Å². The third-order valence-corrected chi connectivity index (χ3v) is 9.02. The van der Waals surface area contributed by atoms with Crippen LogP contribution in [0.4, 0.5) is 0 Å². The maximum absolute atomic E-state index is 13.5. The van der Waals surface area contributed by atoms with Crippen LogP contribution in [0.25, 0.3) is 10.6 Å². The SMILES string of the molecule is Cc1ccc(C23CC4CC(CC(C(=O)OCc5csc(-c6ccccc6)n5)(C4)C2)C3)cc1. The fraction of sp³-hybridized carbons (Fsp3) is 0.429. The number of nitrogens with zero attached hydrogens (tertiary/aromatic N) is 1. The summed E-state index contributed by atoms with van der Waals surface area (Å²) < 4.78 is 5.97. The largest absolute Gasteiger partial charge is 0.459 e. The summed E-state index contributed by atoms with van der Waals surface area (Å²) in [7, 11) is 0. The normalized spacial score (nSPS) is 30.4. The predicted molar refractivity (Wildman–Crippen MR) is 127 cm³/mol. The van der Waals surface area contributed by atoms with Gasteiger partial charge in [-0.2, -0.15) is 0 Å². The van der Waals surface area contributed by atoms with Crippen molar-refractivity contribution in [2.24, 2.45) is 17.3 Å². The van der Waals surface area contributed by atoms with Crippen molar-refractivity contribution in [1.82, 2.24) is 4.98 Å². The number of hydrogen-bond donors (Lipinski definition) is 0. The summed E-state index contributed by atoms with van der Waals surface area (Å²) >= 11 is 1.61. The van der Waals surface area contributed by atoms with E-state index in [2.05, 4.69) is 43.3 Å². The second kappa shape index (κ2) is 7.55. The molecule has 7 rings (SSSR count). The Balaban J connectivity index is 1.20. The number of aryl methyl sites for hydroxylation is 1. The molecule has 4 saturated carbocycles. The molecule has 3 nitrogen and oxygen atoms in total. The van der Waals surface area contributed by atoms with Crippen molar-refractivity contribution in [2.45, 2.75) is 57.5 Å². The minimum absolute atomic E-state index is 0.0114. The van der Waals surface area contributed by atoms with E-state index in [1.165, 1.54) is 30.4 Å². The molecule has 4 aliphatic rings. The number of esters is 1. The van der Waals surface area contributed by atoms with E-state index < -0.39 is 0 Å². The zero-order chi connectivity index (χ0) is 21.8. The van der Waals surface area contributed by atoms with Crippen molar-refractivity contribution in [3.05, 3.63) is 76.8 Å². The van der Waals surface area contributed by atoms with E-state index in [0.29, 0.717) is 11.8 Å². The maximum Gasteiger partial charge on any atom is 0.312 e. The number of ether oxygens (including phenoxy) is 1. The number of carbonyl (C=O) groups excluding carboxylic acids is 1. The van der Waals surface area contributed by atoms with Crippen LogP contribution in [0.5, 0.6) is 0 Å². The van der Waals surface area contributed by atoms with Gasteiger partial charge in [0.25, 0.3) is 0 Å². The van der Waals surface area contributed by atoms with Crippen molar-refractivity contribution >= 4 is 17.3 Å². The Bertz CT molecular complexity index is 1120. The summed E-state index contributed by atoms with van der Waals surface area (Å²) in [4.78, 5) is 18.2. The zero-order valence-corrected chi connectivity index (χ0v) is 19.4. The fourth-order valence-electron chi connectivity index (χ4n) is 7.13. The van der Waals surface area contributed by atoms with Crippen LogP contribution in [0.15, 0.2) is 60.0 Å². The van der Waals surface area contributed by atoms with Gasteiger partial charge in [-0.1, -0.05) is 60.2 Å². The molecule has 164 valence electrons. The number of aromatic nitrogens is 1. The van der Waals surface area contributed by atoms with Gasteiger partial charge in [0.1, 0.15) is 11.6 Å². The summed E-state index contributed by atoms with van der Waals surface area (Å²) in [6, 6.07) is 19.2. The molecule has 4 fully saturated rings. The van der Waals surface area contributed by atoms with Crippen LogP contribution < -0.4 is 0 Å². The molecule has 3 aromatic rings. The first kappa shape index (κ1) is 20.2. The molecule has 4 bridgehead atoms. The molecule has 0 radical (unpaired) electrons. The molecule has 2 unspecified atom stereocenters. The topological polar surface area (TPSA) is 39.2 Å². The number of benzene rings is 2. The lowest BCUT2D eigenvalue weighted by molar-refractivity contribution is -0.175. The van der Waals surface area contributed by atoms with Crippen molar-refractivity contribution in [3.63, 3.8) is 0 Å². The molecule has 2 aromatic carbocycles. The second-order valence-corrected chi connectivity index (χ2v) is 11.3. The highest BCUT2D eigenvalue weighted by atomic mass is 32.1. The smallest absolute Gasteiger partial charge is 0.312 e. The van der Waals surface area contributed by atoms with E-state index in [0.717, 1.165) is 35.5 Å². The van der Waals surface area contributed by atoms with Gasteiger partial charge < -0.3 is 4.74 Å². The Labute approximate surface area is 193 Å². The van der Waals surface area contributed by atoms with Crippen molar-refractivity contribution in [1.29, 1.82) is 0 Å². The minimum atomic E-state index is -0.312. The quantitative estimate of drug-likeness (QED) is 0.412. The third kappa shape index (κ3) is 3.40. The minimum Gasteiger partial charge on any atom is -0.459 e. The molecule has 0 N–H and O–H groups in total. The van der Waals surface area contributed by atoms with E-state index >= 15 is 0 Å². The van der Waals surface area contributed by atoms with Gasteiger partial charge in [-0.25, -0.2) is 4.98 Å². The second-order valence-electron chi connectivity index (χ2n) is 10.5. The molecule has 1 aromatic heterocycles. The number of carbonyl (C=O) groups is 1. The van der Waals surface area contributed by atoms with Crippen molar-refractivity contribution in [3.8, 4) is 10.6 Å². The Hall–Kier alpha value is -2.46. The average Bonchev–Trinajstić information content (AvgIpc) is 3.27. The molecule has 0 aliphatic heterocycles. The standard InChI is InChI=1S/C28H29NO2S/c1-19-7-9-23(10-8-19)27-12-20-11-21(13-27)15-28(14-20,18-27)26(30)31-16-24-17-32-25(29-24)22-5-3-2-4-6-22/h2-10,17,20-21H,11-16,18H2,1H3. The molecule has 0 saturated heterocycles. The highest BCUT2D eigenvalue weighted by Gasteiger charge is 2.61. The lowest BCUT2D eigenvalue weighted by Crippen LogP contribution is -2.57. The Morgan fingerprint density at radius 1 is 1.03 bits per heavy atom. The Morgan fingerprint density at radius 2 is 1.75 bits per heavy atom. The monoisotopic (exact) mass is 443 g/mol. The first-order chi connectivity index (χ1) is 15.5. The number of rotatable bonds is 5. The molecule has 4 heteroatoms. The first-order valence-electron chi connectivity index (χ1n) is 11.8. The highest BCUT2D eigenvalue weighted by molar-refractivity contribution is 7.13. The molecule has 2 atom stereocenters. The maximum atomic E-state index is 13.5. The number of thiazole rings is 1. The van der Waals surface area contributed by atoms with E-state index in [-0.39, 0.29) is 23.4 Å². The Morgan fingerprint density at radius 3 is 2.47 bits per heavy atom. The van der Waals surface area contributed by atoms with Gasteiger partial charge in [-0.3, -0.25) is 4.79 Å². The van der Waals surface area contributed by atoms with Crippen LogP contribution in [0.1, 0.15) is 55.3 Å². The van der Waals surface area contributed by atoms with E-state index in [9.17, 15) is 4.79 Å². The first-order valence-corrected chi connectivity index (χ1v) is 12.7. The molecular formula is C28H29NO2S. The van der Waals surface area contributed by atoms with Crippen LogP contribution in [0.2, 0.25) is 0 Å². The molecule has 32 heavy (non-hydrogen) atoms. The molecule has 1 heterocycles. The van der Waals surface area contributed by atoms with Gasteiger partial charge in [0.05, 0.1) is 11.1 Å². The lowest BCUT2D eigenvalue weighted by Gasteiger charge is -2.61. The van der Waals surface area contributed by atoms with E-state index in [1.807, 2.05) is 23.6 Å². The Kier molecular flexibility index (Phi) is 4.76. The van der Waals surface area contributed by atoms with Crippen LogP contribution in [-0.4, -0.2) is 11.0 Å². The van der Waals surface area contributed by atoms with Gasteiger partial charge in [-0.15, -0.1) is 11.3 Å². The fourth-order valence-corrected chi connectivity index (χ4v) is 7.94.